The van der Waals surface area contributed by atoms with Crippen molar-refractivity contribution < 1.29 is 4.74 Å². The zero-order valence-corrected chi connectivity index (χ0v) is 12.6. The van der Waals surface area contributed by atoms with E-state index in [2.05, 4.69) is 41.6 Å². The maximum atomic E-state index is 5.26. The number of nitrogens with zero attached hydrogens (tertiary/aromatic N) is 1. The predicted octanol–water partition coefficient (Wildman–Crippen LogP) is 2.32. The molecular formula is C15H25N3O. The summed E-state index contributed by atoms with van der Waals surface area (Å²) in [7, 11) is 3.48. The van der Waals surface area contributed by atoms with Crippen LogP contribution in [0.1, 0.15) is 25.0 Å². The van der Waals surface area contributed by atoms with Crippen molar-refractivity contribution in [2.45, 2.75) is 27.3 Å². The summed E-state index contributed by atoms with van der Waals surface area (Å²) in [6, 6.07) is 6.19. The molecule has 0 bridgehead atoms. The number of rotatable bonds is 5. The quantitative estimate of drug-likeness (QED) is 0.633. The Kier molecular flexibility index (Phi) is 6.19. The van der Waals surface area contributed by atoms with Gasteiger partial charge in [0.05, 0.1) is 7.11 Å². The first-order valence-corrected chi connectivity index (χ1v) is 6.64. The van der Waals surface area contributed by atoms with Gasteiger partial charge in [-0.15, -0.1) is 0 Å². The summed E-state index contributed by atoms with van der Waals surface area (Å²) >= 11 is 0. The van der Waals surface area contributed by atoms with Gasteiger partial charge >= 0.3 is 0 Å². The van der Waals surface area contributed by atoms with E-state index >= 15 is 0 Å². The van der Waals surface area contributed by atoms with Gasteiger partial charge in [0.1, 0.15) is 5.75 Å². The molecule has 0 unspecified atom stereocenters. The first-order chi connectivity index (χ1) is 9.06. The molecule has 0 aliphatic carbocycles. The van der Waals surface area contributed by atoms with Gasteiger partial charge in [0, 0.05) is 20.1 Å². The monoisotopic (exact) mass is 263 g/mol. The Bertz CT molecular complexity index is 427. The third kappa shape index (κ3) is 5.20. The molecule has 0 heterocycles. The molecule has 4 nitrogen and oxygen atoms in total. The first-order valence-electron chi connectivity index (χ1n) is 6.64. The van der Waals surface area contributed by atoms with Crippen molar-refractivity contribution in [3.63, 3.8) is 0 Å². The second-order valence-electron chi connectivity index (χ2n) is 5.00. The fourth-order valence-corrected chi connectivity index (χ4v) is 1.76. The fraction of sp³-hybridized carbons (Fsp3) is 0.533. The Hall–Kier alpha value is -1.71. The van der Waals surface area contributed by atoms with Gasteiger partial charge in [-0.2, -0.15) is 0 Å². The molecule has 1 rings (SSSR count). The molecule has 0 spiro atoms. The average Bonchev–Trinajstić information content (AvgIpc) is 2.39. The molecule has 0 atom stereocenters. The van der Waals surface area contributed by atoms with Crippen molar-refractivity contribution in [3.05, 3.63) is 29.3 Å². The van der Waals surface area contributed by atoms with E-state index in [1.807, 2.05) is 13.0 Å². The minimum atomic E-state index is 0.599. The molecule has 0 aliphatic rings. The van der Waals surface area contributed by atoms with Crippen molar-refractivity contribution in [3.8, 4) is 5.75 Å². The first kappa shape index (κ1) is 15.3. The van der Waals surface area contributed by atoms with Crippen LogP contribution in [0.15, 0.2) is 23.2 Å². The van der Waals surface area contributed by atoms with E-state index in [9.17, 15) is 0 Å². The van der Waals surface area contributed by atoms with Crippen LogP contribution in [0.4, 0.5) is 0 Å². The number of nitrogens with one attached hydrogen (secondary N) is 2. The van der Waals surface area contributed by atoms with Crippen molar-refractivity contribution >= 4 is 5.96 Å². The van der Waals surface area contributed by atoms with Crippen molar-refractivity contribution in [2.24, 2.45) is 10.9 Å². The Morgan fingerprint density at radius 2 is 2.05 bits per heavy atom. The Balaban J connectivity index is 2.53. The summed E-state index contributed by atoms with van der Waals surface area (Å²) in [4.78, 5) is 4.20. The van der Waals surface area contributed by atoms with Crippen LogP contribution in [0.2, 0.25) is 0 Å². The Morgan fingerprint density at radius 1 is 1.32 bits per heavy atom. The van der Waals surface area contributed by atoms with E-state index in [4.69, 9.17) is 4.74 Å². The van der Waals surface area contributed by atoms with Crippen LogP contribution in [0.3, 0.4) is 0 Å². The zero-order chi connectivity index (χ0) is 14.3. The summed E-state index contributed by atoms with van der Waals surface area (Å²) in [5.41, 5.74) is 2.36. The van der Waals surface area contributed by atoms with E-state index < -0.39 is 0 Å². The molecule has 0 saturated heterocycles. The third-order valence-corrected chi connectivity index (χ3v) is 2.82. The average molecular weight is 263 g/mol. The van der Waals surface area contributed by atoms with Crippen molar-refractivity contribution in [2.75, 3.05) is 20.7 Å². The molecule has 0 saturated carbocycles. The van der Waals surface area contributed by atoms with Gasteiger partial charge in [0.25, 0.3) is 0 Å². The largest absolute Gasteiger partial charge is 0.496 e. The topological polar surface area (TPSA) is 45.7 Å². The number of benzene rings is 1. The molecule has 0 aliphatic heterocycles. The van der Waals surface area contributed by atoms with Gasteiger partial charge in [-0.05, 0) is 30.0 Å². The molecule has 2 N–H and O–H groups in total. The molecule has 19 heavy (non-hydrogen) atoms. The number of aliphatic imine (C=N–C) groups is 1. The molecule has 0 aromatic heterocycles. The number of aryl methyl sites for hydroxylation is 1. The number of guanidine groups is 1. The van der Waals surface area contributed by atoms with E-state index in [1.165, 1.54) is 5.56 Å². The molecule has 0 amide bonds. The second-order valence-corrected chi connectivity index (χ2v) is 5.00. The zero-order valence-electron chi connectivity index (χ0n) is 12.6. The lowest BCUT2D eigenvalue weighted by Crippen LogP contribution is -2.38. The fourth-order valence-electron chi connectivity index (χ4n) is 1.76. The Labute approximate surface area is 116 Å². The van der Waals surface area contributed by atoms with Crippen LogP contribution in [-0.4, -0.2) is 26.7 Å². The second kappa shape index (κ2) is 7.67. The number of ether oxygens (including phenoxy) is 1. The summed E-state index contributed by atoms with van der Waals surface area (Å²) in [5, 5.41) is 6.59. The van der Waals surface area contributed by atoms with Gasteiger partial charge in [-0.25, -0.2) is 0 Å². The van der Waals surface area contributed by atoms with Crippen LogP contribution in [0.5, 0.6) is 5.75 Å². The van der Waals surface area contributed by atoms with E-state index in [0.717, 1.165) is 30.4 Å². The van der Waals surface area contributed by atoms with E-state index in [1.54, 1.807) is 14.2 Å². The maximum Gasteiger partial charge on any atom is 0.191 e. The highest BCUT2D eigenvalue weighted by molar-refractivity contribution is 5.79. The molecule has 0 radical (unpaired) electrons. The summed E-state index contributed by atoms with van der Waals surface area (Å²) < 4.78 is 5.26. The van der Waals surface area contributed by atoms with Gasteiger partial charge in [0.2, 0.25) is 0 Å². The normalized spacial score (nSPS) is 11.6. The number of methoxy groups -OCH3 is 1. The maximum absolute atomic E-state index is 5.26. The van der Waals surface area contributed by atoms with E-state index in [0.29, 0.717) is 5.92 Å². The number of hydrogen-bond acceptors (Lipinski definition) is 2. The molecule has 4 heteroatoms. The van der Waals surface area contributed by atoms with Crippen LogP contribution < -0.4 is 15.4 Å². The lowest BCUT2D eigenvalue weighted by Gasteiger charge is -2.14. The standard InChI is InChI=1S/C15H25N3O/c1-11(2)9-17-15(16-4)18-10-13-6-7-14(19-5)12(3)8-13/h6-8,11H,9-10H2,1-5H3,(H2,16,17,18). The predicted molar refractivity (Wildman–Crippen MR) is 80.8 cm³/mol. The van der Waals surface area contributed by atoms with Gasteiger partial charge < -0.3 is 15.4 Å². The van der Waals surface area contributed by atoms with Gasteiger partial charge in [0.15, 0.2) is 5.96 Å². The van der Waals surface area contributed by atoms with Crippen LogP contribution in [0.25, 0.3) is 0 Å². The van der Waals surface area contributed by atoms with Gasteiger partial charge in [-0.3, -0.25) is 4.99 Å². The Morgan fingerprint density at radius 3 is 2.58 bits per heavy atom. The molecule has 1 aromatic rings. The summed E-state index contributed by atoms with van der Waals surface area (Å²) in [5.74, 6) is 2.36. The van der Waals surface area contributed by atoms with Crippen LogP contribution in [-0.2, 0) is 6.54 Å². The molecule has 106 valence electrons. The minimum Gasteiger partial charge on any atom is -0.496 e. The summed E-state index contributed by atoms with van der Waals surface area (Å²) in [6.07, 6.45) is 0. The van der Waals surface area contributed by atoms with Crippen molar-refractivity contribution in [1.29, 1.82) is 0 Å². The minimum absolute atomic E-state index is 0.599. The molecule has 1 aromatic carbocycles. The highest BCUT2D eigenvalue weighted by atomic mass is 16.5. The highest BCUT2D eigenvalue weighted by Gasteiger charge is 2.02. The highest BCUT2D eigenvalue weighted by Crippen LogP contribution is 2.18. The smallest absolute Gasteiger partial charge is 0.191 e. The third-order valence-electron chi connectivity index (χ3n) is 2.82. The lowest BCUT2D eigenvalue weighted by atomic mass is 10.1. The summed E-state index contributed by atoms with van der Waals surface area (Å²) in [6.45, 7) is 8.07. The molecular weight excluding hydrogens is 238 g/mol. The van der Waals surface area contributed by atoms with Crippen molar-refractivity contribution in [1.82, 2.24) is 10.6 Å². The van der Waals surface area contributed by atoms with Crippen LogP contribution >= 0.6 is 0 Å². The SMILES string of the molecule is CN=C(NCc1ccc(OC)c(C)c1)NCC(C)C. The number of hydrogen-bond donors (Lipinski definition) is 2. The van der Waals surface area contributed by atoms with E-state index in [-0.39, 0.29) is 0 Å². The lowest BCUT2D eigenvalue weighted by molar-refractivity contribution is 0.411. The van der Waals surface area contributed by atoms with Crippen LogP contribution in [0, 0.1) is 12.8 Å². The van der Waals surface area contributed by atoms with Gasteiger partial charge in [-0.1, -0.05) is 26.0 Å². The molecule has 0 fully saturated rings.